The van der Waals surface area contributed by atoms with E-state index in [1.54, 1.807) is 24.3 Å². The molecule has 2 aromatic rings. The number of rotatable bonds is 5. The van der Waals surface area contributed by atoms with Crippen molar-refractivity contribution >= 4 is 5.97 Å². The molecule has 0 spiro atoms. The van der Waals surface area contributed by atoms with E-state index in [0.29, 0.717) is 23.5 Å². The van der Waals surface area contributed by atoms with Crippen molar-refractivity contribution in [2.24, 2.45) is 0 Å². The Bertz CT molecular complexity index is 558. The molecule has 2 aromatic carbocycles. The second kappa shape index (κ2) is 6.73. The van der Waals surface area contributed by atoms with Crippen LogP contribution >= 0.6 is 0 Å². The summed E-state index contributed by atoms with van der Waals surface area (Å²) >= 11 is 0. The molecule has 0 bridgehead atoms. The van der Waals surface area contributed by atoms with Crippen molar-refractivity contribution in [3.05, 3.63) is 59.7 Å². The normalized spacial score (nSPS) is 10.1. The summed E-state index contributed by atoms with van der Waals surface area (Å²) in [4.78, 5) is 11.3. The number of hydrogen-bond donors (Lipinski definition) is 1. The zero-order valence-corrected chi connectivity index (χ0v) is 11.2. The van der Waals surface area contributed by atoms with Crippen molar-refractivity contribution in [3.63, 3.8) is 0 Å². The lowest BCUT2D eigenvalue weighted by Crippen LogP contribution is -2.00. The molecule has 0 fully saturated rings. The maximum Gasteiger partial charge on any atom is 0.337 e. The van der Waals surface area contributed by atoms with Crippen LogP contribution in [0.4, 0.5) is 0 Å². The van der Waals surface area contributed by atoms with E-state index in [0.717, 1.165) is 5.56 Å². The SMILES string of the molecule is COC(=O)c1ccc(Oc2ccc(CCO)cc2)cc1. The van der Waals surface area contributed by atoms with Crippen LogP contribution in [0.5, 0.6) is 11.5 Å². The summed E-state index contributed by atoms with van der Waals surface area (Å²) in [6.45, 7) is 0.134. The van der Waals surface area contributed by atoms with Crippen molar-refractivity contribution in [2.75, 3.05) is 13.7 Å². The maximum atomic E-state index is 11.3. The van der Waals surface area contributed by atoms with E-state index in [9.17, 15) is 4.79 Å². The Morgan fingerprint density at radius 3 is 2.05 bits per heavy atom. The molecule has 0 saturated carbocycles. The number of esters is 1. The molecule has 0 radical (unpaired) electrons. The Labute approximate surface area is 117 Å². The van der Waals surface area contributed by atoms with Gasteiger partial charge in [0.2, 0.25) is 0 Å². The Kier molecular flexibility index (Phi) is 4.74. The fourth-order valence-electron chi connectivity index (χ4n) is 1.77. The summed E-state index contributed by atoms with van der Waals surface area (Å²) in [5.74, 6) is 0.981. The number of aliphatic hydroxyl groups is 1. The molecule has 20 heavy (non-hydrogen) atoms. The van der Waals surface area contributed by atoms with E-state index < -0.39 is 0 Å². The number of ether oxygens (including phenoxy) is 2. The van der Waals surface area contributed by atoms with Gasteiger partial charge in [-0.1, -0.05) is 12.1 Å². The van der Waals surface area contributed by atoms with E-state index in [4.69, 9.17) is 9.84 Å². The molecule has 1 N–H and O–H groups in total. The Morgan fingerprint density at radius 1 is 1.00 bits per heavy atom. The molecule has 0 unspecified atom stereocenters. The lowest BCUT2D eigenvalue weighted by molar-refractivity contribution is 0.0600. The third-order valence-corrected chi connectivity index (χ3v) is 2.83. The molecule has 4 heteroatoms. The zero-order valence-electron chi connectivity index (χ0n) is 11.2. The fourth-order valence-corrected chi connectivity index (χ4v) is 1.77. The number of methoxy groups -OCH3 is 1. The number of carbonyl (C=O) groups excluding carboxylic acids is 1. The Morgan fingerprint density at radius 2 is 1.55 bits per heavy atom. The van der Waals surface area contributed by atoms with E-state index in [2.05, 4.69) is 4.74 Å². The molecule has 0 saturated heterocycles. The van der Waals surface area contributed by atoms with Crippen molar-refractivity contribution in [1.82, 2.24) is 0 Å². The van der Waals surface area contributed by atoms with Gasteiger partial charge in [-0.05, 0) is 48.4 Å². The van der Waals surface area contributed by atoms with Crippen LogP contribution in [0.3, 0.4) is 0 Å². The van der Waals surface area contributed by atoms with Crippen molar-refractivity contribution in [1.29, 1.82) is 0 Å². The Hall–Kier alpha value is -2.33. The van der Waals surface area contributed by atoms with Crippen molar-refractivity contribution in [3.8, 4) is 11.5 Å². The number of carbonyl (C=O) groups is 1. The first kappa shape index (κ1) is 14.1. The van der Waals surface area contributed by atoms with Crippen LogP contribution in [0.2, 0.25) is 0 Å². The predicted molar refractivity (Wildman–Crippen MR) is 75.1 cm³/mol. The molecule has 4 nitrogen and oxygen atoms in total. The Balaban J connectivity index is 2.04. The highest BCUT2D eigenvalue weighted by Crippen LogP contribution is 2.22. The van der Waals surface area contributed by atoms with Gasteiger partial charge in [-0.3, -0.25) is 0 Å². The number of aliphatic hydroxyl groups excluding tert-OH is 1. The van der Waals surface area contributed by atoms with E-state index in [1.807, 2.05) is 24.3 Å². The van der Waals surface area contributed by atoms with Gasteiger partial charge in [-0.2, -0.15) is 0 Å². The van der Waals surface area contributed by atoms with Gasteiger partial charge >= 0.3 is 5.97 Å². The van der Waals surface area contributed by atoms with Crippen LogP contribution in [0.1, 0.15) is 15.9 Å². The average Bonchev–Trinajstić information content (AvgIpc) is 2.49. The number of benzene rings is 2. The molecule has 104 valence electrons. The fraction of sp³-hybridized carbons (Fsp3) is 0.188. The van der Waals surface area contributed by atoms with Crippen LogP contribution in [0.15, 0.2) is 48.5 Å². The summed E-state index contributed by atoms with van der Waals surface area (Å²) in [5, 5.41) is 8.85. The molecule has 2 rings (SSSR count). The van der Waals surface area contributed by atoms with Crippen LogP contribution in [-0.2, 0) is 11.2 Å². The lowest BCUT2D eigenvalue weighted by atomic mass is 10.1. The summed E-state index contributed by atoms with van der Waals surface area (Å²) in [6, 6.07) is 14.3. The van der Waals surface area contributed by atoms with Gasteiger partial charge in [0.25, 0.3) is 0 Å². The van der Waals surface area contributed by atoms with Crippen molar-refractivity contribution in [2.45, 2.75) is 6.42 Å². The largest absolute Gasteiger partial charge is 0.465 e. The lowest BCUT2D eigenvalue weighted by Gasteiger charge is -2.07. The third kappa shape index (κ3) is 3.59. The summed E-state index contributed by atoms with van der Waals surface area (Å²) in [6.07, 6.45) is 0.633. The van der Waals surface area contributed by atoms with Gasteiger partial charge in [0.15, 0.2) is 0 Å². The van der Waals surface area contributed by atoms with Gasteiger partial charge in [0, 0.05) is 6.61 Å². The quantitative estimate of drug-likeness (QED) is 0.850. The van der Waals surface area contributed by atoms with Gasteiger partial charge in [0.1, 0.15) is 11.5 Å². The highest BCUT2D eigenvalue weighted by atomic mass is 16.5. The predicted octanol–water partition coefficient (Wildman–Crippen LogP) is 2.80. The minimum atomic E-state index is -0.370. The standard InChI is InChI=1S/C16H16O4/c1-19-16(18)13-4-8-15(9-5-13)20-14-6-2-12(3-7-14)10-11-17/h2-9,17H,10-11H2,1H3. The van der Waals surface area contributed by atoms with Gasteiger partial charge < -0.3 is 14.6 Å². The van der Waals surface area contributed by atoms with Crippen LogP contribution in [0, 0.1) is 0 Å². The highest BCUT2D eigenvalue weighted by Gasteiger charge is 2.05. The molecule has 0 heterocycles. The summed E-state index contributed by atoms with van der Waals surface area (Å²) < 4.78 is 10.3. The van der Waals surface area contributed by atoms with Crippen LogP contribution in [0.25, 0.3) is 0 Å². The maximum absolute atomic E-state index is 11.3. The summed E-state index contributed by atoms with van der Waals surface area (Å²) in [7, 11) is 1.35. The first-order valence-electron chi connectivity index (χ1n) is 6.29. The molecule has 0 aliphatic carbocycles. The minimum Gasteiger partial charge on any atom is -0.465 e. The molecule has 0 aliphatic rings. The first-order chi connectivity index (χ1) is 9.72. The van der Waals surface area contributed by atoms with E-state index >= 15 is 0 Å². The molecular formula is C16H16O4. The van der Waals surface area contributed by atoms with Crippen LogP contribution in [-0.4, -0.2) is 24.8 Å². The second-order valence-corrected chi connectivity index (χ2v) is 4.24. The van der Waals surface area contributed by atoms with E-state index in [1.165, 1.54) is 7.11 Å². The van der Waals surface area contributed by atoms with Gasteiger partial charge in [0.05, 0.1) is 12.7 Å². The van der Waals surface area contributed by atoms with E-state index in [-0.39, 0.29) is 12.6 Å². The molecular weight excluding hydrogens is 256 g/mol. The first-order valence-corrected chi connectivity index (χ1v) is 6.29. The third-order valence-electron chi connectivity index (χ3n) is 2.83. The van der Waals surface area contributed by atoms with Gasteiger partial charge in [-0.25, -0.2) is 4.79 Å². The average molecular weight is 272 g/mol. The summed E-state index contributed by atoms with van der Waals surface area (Å²) in [5.41, 5.74) is 1.54. The molecule has 0 atom stereocenters. The topological polar surface area (TPSA) is 55.8 Å². The molecule has 0 aliphatic heterocycles. The van der Waals surface area contributed by atoms with Gasteiger partial charge in [-0.15, -0.1) is 0 Å². The minimum absolute atomic E-state index is 0.134. The monoisotopic (exact) mass is 272 g/mol. The smallest absolute Gasteiger partial charge is 0.337 e. The van der Waals surface area contributed by atoms with Crippen molar-refractivity contribution < 1.29 is 19.4 Å². The highest BCUT2D eigenvalue weighted by molar-refractivity contribution is 5.89. The second-order valence-electron chi connectivity index (χ2n) is 4.24. The van der Waals surface area contributed by atoms with Crippen LogP contribution < -0.4 is 4.74 Å². The molecule has 0 aromatic heterocycles. The zero-order chi connectivity index (χ0) is 14.4. The molecule has 0 amide bonds. The number of hydrogen-bond acceptors (Lipinski definition) is 4.